The molecule has 1 aliphatic heterocycles. The van der Waals surface area contributed by atoms with Crippen LogP contribution in [-0.4, -0.2) is 53.2 Å². The predicted octanol–water partition coefficient (Wildman–Crippen LogP) is 2.65. The zero-order valence-electron chi connectivity index (χ0n) is 16.0. The Kier molecular flexibility index (Phi) is 5.84. The molecule has 2 aromatic rings. The van der Waals surface area contributed by atoms with Crippen LogP contribution in [0.15, 0.2) is 36.8 Å². The van der Waals surface area contributed by atoms with Gasteiger partial charge in [-0.3, -0.25) is 5.32 Å². The van der Waals surface area contributed by atoms with Crippen LogP contribution < -0.4 is 20.4 Å². The van der Waals surface area contributed by atoms with Gasteiger partial charge in [-0.25, -0.2) is 19.7 Å². The number of nitrogens with one attached hydrogen (secondary N) is 2. The van der Waals surface area contributed by atoms with E-state index in [1.165, 1.54) is 19.3 Å². The van der Waals surface area contributed by atoms with Gasteiger partial charge in [-0.1, -0.05) is 19.3 Å². The minimum atomic E-state index is -0.163. The lowest BCUT2D eigenvalue weighted by atomic mass is 9.96. The van der Waals surface area contributed by atoms with Gasteiger partial charge in [0, 0.05) is 44.6 Å². The second kappa shape index (κ2) is 8.86. The number of hydrogen-bond donors (Lipinski definition) is 2. The Morgan fingerprint density at radius 1 is 0.929 bits per heavy atom. The molecule has 8 nitrogen and oxygen atoms in total. The third-order valence-corrected chi connectivity index (χ3v) is 5.41. The molecule has 0 bridgehead atoms. The lowest BCUT2D eigenvalue weighted by Gasteiger charge is -2.35. The fourth-order valence-electron chi connectivity index (χ4n) is 3.85. The van der Waals surface area contributed by atoms with Gasteiger partial charge in [0.05, 0.1) is 11.9 Å². The van der Waals surface area contributed by atoms with Gasteiger partial charge in [-0.15, -0.1) is 0 Å². The quantitative estimate of drug-likeness (QED) is 0.847. The van der Waals surface area contributed by atoms with Crippen LogP contribution in [0.25, 0.3) is 0 Å². The van der Waals surface area contributed by atoms with Gasteiger partial charge in [0.25, 0.3) is 0 Å². The van der Waals surface area contributed by atoms with Gasteiger partial charge in [-0.2, -0.15) is 0 Å². The number of carbonyl (C=O) groups is 1. The van der Waals surface area contributed by atoms with E-state index in [-0.39, 0.29) is 12.1 Å². The van der Waals surface area contributed by atoms with E-state index in [1.54, 1.807) is 12.4 Å². The van der Waals surface area contributed by atoms with Crippen molar-refractivity contribution in [3.63, 3.8) is 0 Å². The maximum absolute atomic E-state index is 12.1. The van der Waals surface area contributed by atoms with E-state index in [0.717, 1.165) is 50.7 Å². The number of rotatable bonds is 4. The number of urea groups is 1. The lowest BCUT2D eigenvalue weighted by Crippen LogP contribution is -2.47. The molecule has 2 aromatic heterocycles. The Labute approximate surface area is 165 Å². The van der Waals surface area contributed by atoms with Crippen molar-refractivity contribution in [1.82, 2.24) is 20.3 Å². The topological polar surface area (TPSA) is 86.3 Å². The number of anilines is 3. The summed E-state index contributed by atoms with van der Waals surface area (Å²) in [5.41, 5.74) is 1.06. The van der Waals surface area contributed by atoms with Crippen molar-refractivity contribution in [3.8, 4) is 0 Å². The van der Waals surface area contributed by atoms with Gasteiger partial charge in [0.15, 0.2) is 0 Å². The first-order valence-electron chi connectivity index (χ1n) is 10.1. The molecule has 0 spiro atoms. The minimum absolute atomic E-state index is 0.163. The number of amides is 2. The smallest absolute Gasteiger partial charge is 0.320 e. The van der Waals surface area contributed by atoms with E-state index >= 15 is 0 Å². The second-order valence-corrected chi connectivity index (χ2v) is 7.36. The summed E-state index contributed by atoms with van der Waals surface area (Å²) in [5.74, 6) is 1.36. The fourth-order valence-corrected chi connectivity index (χ4v) is 3.85. The Hall–Kier alpha value is -2.90. The largest absolute Gasteiger partial charge is 0.367 e. The lowest BCUT2D eigenvalue weighted by molar-refractivity contribution is 0.244. The van der Waals surface area contributed by atoms with Crippen molar-refractivity contribution >= 4 is 23.5 Å². The van der Waals surface area contributed by atoms with Crippen LogP contribution in [-0.2, 0) is 0 Å². The molecule has 0 atom stereocenters. The third kappa shape index (κ3) is 4.68. The Balaban J connectivity index is 1.27. The summed E-state index contributed by atoms with van der Waals surface area (Å²) < 4.78 is 0. The highest BCUT2D eigenvalue weighted by atomic mass is 16.2. The summed E-state index contributed by atoms with van der Waals surface area (Å²) in [6.45, 7) is 3.51. The number of piperazine rings is 1. The SMILES string of the molecule is O=C(Nc1ccc(N2CCN(c3ncccn3)CC2)cn1)NC1CCCCC1. The number of aromatic nitrogens is 3. The second-order valence-electron chi connectivity index (χ2n) is 7.36. The summed E-state index contributed by atoms with van der Waals surface area (Å²) in [6.07, 6.45) is 11.2. The van der Waals surface area contributed by atoms with Crippen LogP contribution in [0.4, 0.5) is 22.2 Å². The van der Waals surface area contributed by atoms with Crippen LogP contribution in [0, 0.1) is 0 Å². The van der Waals surface area contributed by atoms with Gasteiger partial charge in [0.1, 0.15) is 5.82 Å². The standard InChI is InChI=1S/C20H27N7O/c28-20(24-16-5-2-1-3-6-16)25-18-8-7-17(15-23-18)26-11-13-27(14-12-26)19-21-9-4-10-22-19/h4,7-10,15-16H,1-3,5-6,11-14H2,(H2,23,24,25,28). The Bertz CT molecular complexity index is 754. The first-order valence-corrected chi connectivity index (χ1v) is 10.1. The van der Waals surface area contributed by atoms with Crippen LogP contribution in [0.5, 0.6) is 0 Å². The molecule has 0 aromatic carbocycles. The summed E-state index contributed by atoms with van der Waals surface area (Å²) in [6, 6.07) is 5.83. The third-order valence-electron chi connectivity index (χ3n) is 5.41. The van der Waals surface area contributed by atoms with E-state index in [4.69, 9.17) is 0 Å². The molecule has 1 aliphatic carbocycles. The molecule has 2 fully saturated rings. The first kappa shape index (κ1) is 18.5. The highest BCUT2D eigenvalue weighted by Crippen LogP contribution is 2.20. The highest BCUT2D eigenvalue weighted by molar-refractivity contribution is 5.88. The van der Waals surface area contributed by atoms with Crippen molar-refractivity contribution in [1.29, 1.82) is 0 Å². The average molecular weight is 381 g/mol. The van der Waals surface area contributed by atoms with Crippen molar-refractivity contribution < 1.29 is 4.79 Å². The summed E-state index contributed by atoms with van der Waals surface area (Å²) >= 11 is 0. The predicted molar refractivity (Wildman–Crippen MR) is 110 cm³/mol. The van der Waals surface area contributed by atoms with Crippen LogP contribution in [0.2, 0.25) is 0 Å². The highest BCUT2D eigenvalue weighted by Gasteiger charge is 2.19. The Morgan fingerprint density at radius 2 is 1.64 bits per heavy atom. The average Bonchev–Trinajstić information content (AvgIpc) is 2.76. The van der Waals surface area contributed by atoms with E-state index < -0.39 is 0 Å². The molecular weight excluding hydrogens is 354 g/mol. The molecule has 0 unspecified atom stereocenters. The number of hydrogen-bond acceptors (Lipinski definition) is 6. The van der Waals surface area contributed by atoms with E-state index in [9.17, 15) is 4.79 Å². The summed E-state index contributed by atoms with van der Waals surface area (Å²) in [5, 5.41) is 5.89. The molecule has 3 heterocycles. The normalized spacial score (nSPS) is 18.0. The van der Waals surface area contributed by atoms with E-state index in [1.807, 2.05) is 24.4 Å². The minimum Gasteiger partial charge on any atom is -0.367 e. The van der Waals surface area contributed by atoms with Gasteiger partial charge in [0.2, 0.25) is 5.95 Å². The number of nitrogens with zero attached hydrogens (tertiary/aromatic N) is 5. The van der Waals surface area contributed by atoms with Gasteiger partial charge < -0.3 is 15.1 Å². The molecule has 8 heteroatoms. The molecule has 2 amide bonds. The Morgan fingerprint density at radius 3 is 2.32 bits per heavy atom. The van der Waals surface area contributed by atoms with Crippen molar-refractivity contribution in [2.45, 2.75) is 38.1 Å². The van der Waals surface area contributed by atoms with Crippen LogP contribution >= 0.6 is 0 Å². The van der Waals surface area contributed by atoms with Crippen molar-refractivity contribution in [3.05, 3.63) is 36.8 Å². The van der Waals surface area contributed by atoms with Crippen LogP contribution in [0.1, 0.15) is 32.1 Å². The number of carbonyl (C=O) groups excluding carboxylic acids is 1. The molecule has 2 aliphatic rings. The molecule has 4 rings (SSSR count). The molecule has 1 saturated heterocycles. The molecule has 1 saturated carbocycles. The first-order chi connectivity index (χ1) is 13.8. The zero-order valence-corrected chi connectivity index (χ0v) is 16.0. The van der Waals surface area contributed by atoms with Crippen molar-refractivity contribution in [2.75, 3.05) is 41.3 Å². The maximum atomic E-state index is 12.1. The van der Waals surface area contributed by atoms with Gasteiger partial charge in [-0.05, 0) is 31.0 Å². The van der Waals surface area contributed by atoms with Crippen LogP contribution in [0.3, 0.4) is 0 Å². The fraction of sp³-hybridized carbons (Fsp3) is 0.500. The molecule has 2 N–H and O–H groups in total. The zero-order chi connectivity index (χ0) is 19.2. The van der Waals surface area contributed by atoms with Crippen molar-refractivity contribution in [2.24, 2.45) is 0 Å². The maximum Gasteiger partial charge on any atom is 0.320 e. The van der Waals surface area contributed by atoms with E-state index in [0.29, 0.717) is 5.82 Å². The summed E-state index contributed by atoms with van der Waals surface area (Å²) in [7, 11) is 0. The van der Waals surface area contributed by atoms with E-state index in [2.05, 4.69) is 35.4 Å². The molecular formula is C20H27N7O. The molecule has 28 heavy (non-hydrogen) atoms. The molecule has 148 valence electrons. The van der Waals surface area contributed by atoms with Gasteiger partial charge >= 0.3 is 6.03 Å². The number of pyridine rings is 1. The monoisotopic (exact) mass is 381 g/mol. The molecule has 0 radical (unpaired) electrons. The summed E-state index contributed by atoms with van der Waals surface area (Å²) in [4.78, 5) is 29.7.